The van der Waals surface area contributed by atoms with E-state index in [2.05, 4.69) is 15.8 Å². The van der Waals surface area contributed by atoms with Gasteiger partial charge in [0.05, 0.1) is 22.5 Å². The summed E-state index contributed by atoms with van der Waals surface area (Å²) in [5.41, 5.74) is 9.19. The van der Waals surface area contributed by atoms with Crippen LogP contribution in [0.3, 0.4) is 0 Å². The van der Waals surface area contributed by atoms with Crippen LogP contribution in [0.1, 0.15) is 12.5 Å². The Hall–Kier alpha value is -2.93. The van der Waals surface area contributed by atoms with Gasteiger partial charge in [0, 0.05) is 7.05 Å². The highest BCUT2D eigenvalue weighted by Crippen LogP contribution is 2.22. The van der Waals surface area contributed by atoms with E-state index >= 15 is 0 Å². The fourth-order valence-electron chi connectivity index (χ4n) is 2.51. The average Bonchev–Trinajstić information content (AvgIpc) is 2.98. The van der Waals surface area contributed by atoms with Crippen molar-refractivity contribution >= 4 is 34.4 Å². The summed E-state index contributed by atoms with van der Waals surface area (Å²) >= 11 is 1.39. The van der Waals surface area contributed by atoms with Crippen LogP contribution < -0.4 is 10.9 Å². The number of aromatic hydroxyl groups is 1. The van der Waals surface area contributed by atoms with Crippen LogP contribution in [0, 0.1) is 0 Å². The minimum Gasteiger partial charge on any atom is -0.508 e. The van der Waals surface area contributed by atoms with Gasteiger partial charge in [-0.3, -0.25) is 15.6 Å². The molecule has 3 N–H and O–H groups in total. The highest BCUT2D eigenvalue weighted by Gasteiger charge is 2.10. The highest BCUT2D eigenvalue weighted by molar-refractivity contribution is 7.99. The highest BCUT2D eigenvalue weighted by atomic mass is 32.2. The summed E-state index contributed by atoms with van der Waals surface area (Å²) in [6, 6.07) is 14.6. The van der Waals surface area contributed by atoms with Gasteiger partial charge in [-0.25, -0.2) is 4.98 Å². The van der Waals surface area contributed by atoms with Crippen molar-refractivity contribution in [1.82, 2.24) is 20.4 Å². The number of aromatic nitrogens is 2. The Morgan fingerprint density at radius 1 is 1.19 bits per heavy atom. The van der Waals surface area contributed by atoms with Crippen LogP contribution in [0.25, 0.3) is 16.7 Å². The van der Waals surface area contributed by atoms with Gasteiger partial charge in [0.25, 0.3) is 0 Å². The Labute approximate surface area is 155 Å². The standard InChI is InChI=1S/C19H20N4O2S/c1-3-15(13-8-10-14(24)11-9-13)21-22-18(25)12-26-19-20-16-6-4-5-7-17(16)23(19)2/h3-11,21,24H,12H2,1-2H3,(H,22,25)/b15-3+. The van der Waals surface area contributed by atoms with Crippen LogP contribution in [0.4, 0.5) is 0 Å². The number of nitrogens with one attached hydrogen (secondary N) is 2. The SMILES string of the molecule is C/C=C(/NNC(=O)CSc1nc2ccccc2n1C)c1ccc(O)cc1. The second kappa shape index (κ2) is 7.97. The molecule has 0 aliphatic carbocycles. The van der Waals surface area contributed by atoms with Gasteiger partial charge in [-0.05, 0) is 48.9 Å². The third-order valence-electron chi connectivity index (χ3n) is 3.88. The van der Waals surface area contributed by atoms with Gasteiger partial charge < -0.3 is 9.67 Å². The number of thioether (sulfide) groups is 1. The van der Waals surface area contributed by atoms with Crippen LogP contribution >= 0.6 is 11.8 Å². The Bertz CT molecular complexity index is 948. The zero-order valence-corrected chi connectivity index (χ0v) is 15.4. The molecule has 1 amide bonds. The molecule has 0 aliphatic heterocycles. The van der Waals surface area contributed by atoms with Crippen molar-refractivity contribution in [3.8, 4) is 5.75 Å². The lowest BCUT2D eigenvalue weighted by atomic mass is 10.1. The zero-order valence-electron chi connectivity index (χ0n) is 14.6. The molecule has 0 aliphatic rings. The number of allylic oxidation sites excluding steroid dienone is 1. The lowest BCUT2D eigenvalue weighted by Gasteiger charge is -2.12. The van der Waals surface area contributed by atoms with E-state index in [9.17, 15) is 9.90 Å². The molecular weight excluding hydrogens is 348 g/mol. The first-order valence-corrected chi connectivity index (χ1v) is 9.12. The van der Waals surface area contributed by atoms with Crippen molar-refractivity contribution in [3.05, 3.63) is 60.2 Å². The van der Waals surface area contributed by atoms with Crippen molar-refractivity contribution in [2.24, 2.45) is 7.05 Å². The fraction of sp³-hybridized carbons (Fsp3) is 0.158. The van der Waals surface area contributed by atoms with Crippen molar-refractivity contribution in [1.29, 1.82) is 0 Å². The number of rotatable bonds is 6. The molecule has 6 nitrogen and oxygen atoms in total. The number of imidazole rings is 1. The monoisotopic (exact) mass is 368 g/mol. The van der Waals surface area contributed by atoms with E-state index in [1.165, 1.54) is 11.8 Å². The number of phenolic OH excluding ortho intramolecular Hbond substituents is 1. The predicted molar refractivity (Wildman–Crippen MR) is 104 cm³/mol. The van der Waals surface area contributed by atoms with Gasteiger partial charge in [-0.2, -0.15) is 0 Å². The summed E-state index contributed by atoms with van der Waals surface area (Å²) in [4.78, 5) is 16.7. The molecule has 26 heavy (non-hydrogen) atoms. The normalized spacial score (nSPS) is 11.5. The van der Waals surface area contributed by atoms with Gasteiger partial charge >= 0.3 is 0 Å². The lowest BCUT2D eigenvalue weighted by molar-refractivity contribution is -0.119. The maximum Gasteiger partial charge on any atom is 0.248 e. The minimum absolute atomic E-state index is 0.153. The molecule has 3 aromatic rings. The van der Waals surface area contributed by atoms with Crippen LogP contribution in [0.5, 0.6) is 5.75 Å². The van der Waals surface area contributed by atoms with E-state index < -0.39 is 0 Å². The molecule has 0 atom stereocenters. The Morgan fingerprint density at radius 3 is 2.62 bits per heavy atom. The number of hydrogen-bond acceptors (Lipinski definition) is 5. The molecule has 0 saturated heterocycles. The number of hydrazine groups is 1. The first kappa shape index (κ1) is 17.9. The molecule has 0 radical (unpaired) electrons. The van der Waals surface area contributed by atoms with Crippen molar-refractivity contribution in [3.63, 3.8) is 0 Å². The quantitative estimate of drug-likeness (QED) is 0.460. The number of phenols is 1. The Morgan fingerprint density at radius 2 is 1.92 bits per heavy atom. The molecule has 2 aromatic carbocycles. The van der Waals surface area contributed by atoms with E-state index in [-0.39, 0.29) is 17.4 Å². The third kappa shape index (κ3) is 4.00. The smallest absolute Gasteiger partial charge is 0.248 e. The second-order valence-corrected chi connectivity index (χ2v) is 6.60. The summed E-state index contributed by atoms with van der Waals surface area (Å²) in [5.74, 6) is 0.295. The molecule has 0 unspecified atom stereocenters. The summed E-state index contributed by atoms with van der Waals surface area (Å²) in [6.45, 7) is 1.87. The number of nitrogens with zero attached hydrogens (tertiary/aromatic N) is 2. The van der Waals surface area contributed by atoms with E-state index in [1.54, 1.807) is 24.3 Å². The molecule has 0 bridgehead atoms. The summed E-state index contributed by atoms with van der Waals surface area (Å²) in [5, 5.41) is 10.2. The number of carbonyl (C=O) groups excluding carboxylic acids is 1. The molecule has 0 saturated carbocycles. The van der Waals surface area contributed by atoms with Crippen molar-refractivity contribution in [2.45, 2.75) is 12.1 Å². The summed E-state index contributed by atoms with van der Waals surface area (Å²) < 4.78 is 1.98. The molecular formula is C19H20N4O2S. The maximum absolute atomic E-state index is 12.1. The summed E-state index contributed by atoms with van der Waals surface area (Å²) in [6.07, 6.45) is 1.85. The minimum atomic E-state index is -0.153. The second-order valence-electron chi connectivity index (χ2n) is 5.65. The number of carbonyl (C=O) groups is 1. The Balaban J connectivity index is 1.56. The number of amides is 1. The fourth-order valence-corrected chi connectivity index (χ4v) is 3.29. The number of hydrogen-bond donors (Lipinski definition) is 3. The zero-order chi connectivity index (χ0) is 18.5. The van der Waals surface area contributed by atoms with Crippen LogP contribution in [0.15, 0.2) is 59.8 Å². The molecule has 1 heterocycles. The van der Waals surface area contributed by atoms with Crippen molar-refractivity contribution in [2.75, 3.05) is 5.75 Å². The Kier molecular flexibility index (Phi) is 5.48. The van der Waals surface area contributed by atoms with Gasteiger partial charge in [0.15, 0.2) is 5.16 Å². The lowest BCUT2D eigenvalue weighted by Crippen LogP contribution is -2.37. The number of aryl methyl sites for hydroxylation is 1. The third-order valence-corrected chi connectivity index (χ3v) is 4.91. The first-order valence-electron chi connectivity index (χ1n) is 8.13. The molecule has 0 spiro atoms. The maximum atomic E-state index is 12.1. The van der Waals surface area contributed by atoms with Gasteiger partial charge in [0.2, 0.25) is 5.91 Å². The van der Waals surface area contributed by atoms with Gasteiger partial charge in [0.1, 0.15) is 5.75 Å². The molecule has 0 fully saturated rings. The number of benzene rings is 2. The number of para-hydroxylation sites is 2. The van der Waals surface area contributed by atoms with Crippen LogP contribution in [0.2, 0.25) is 0 Å². The van der Waals surface area contributed by atoms with E-state index in [0.29, 0.717) is 0 Å². The summed E-state index contributed by atoms with van der Waals surface area (Å²) in [7, 11) is 1.94. The first-order chi connectivity index (χ1) is 12.6. The van der Waals surface area contributed by atoms with Crippen molar-refractivity contribution < 1.29 is 9.90 Å². The van der Waals surface area contributed by atoms with Gasteiger partial charge in [-0.15, -0.1) is 0 Å². The topological polar surface area (TPSA) is 79.2 Å². The van der Waals surface area contributed by atoms with E-state index in [4.69, 9.17) is 0 Å². The molecule has 134 valence electrons. The van der Waals surface area contributed by atoms with E-state index in [1.807, 2.05) is 48.9 Å². The van der Waals surface area contributed by atoms with E-state index in [0.717, 1.165) is 27.5 Å². The van der Waals surface area contributed by atoms with Crippen LogP contribution in [-0.4, -0.2) is 26.3 Å². The molecule has 3 rings (SSSR count). The average molecular weight is 368 g/mol. The van der Waals surface area contributed by atoms with Crippen LogP contribution in [-0.2, 0) is 11.8 Å². The number of fused-ring (bicyclic) bond motifs is 1. The molecule has 7 heteroatoms. The molecule has 1 aromatic heterocycles. The predicted octanol–water partition coefficient (Wildman–Crippen LogP) is 3.05. The van der Waals surface area contributed by atoms with Gasteiger partial charge in [-0.1, -0.05) is 30.0 Å². The largest absolute Gasteiger partial charge is 0.508 e.